The van der Waals surface area contributed by atoms with E-state index in [-0.39, 0.29) is 23.7 Å². The number of primary amides is 1. The van der Waals surface area contributed by atoms with Crippen LogP contribution in [-0.4, -0.2) is 50.6 Å². The van der Waals surface area contributed by atoms with Crippen molar-refractivity contribution in [1.82, 2.24) is 4.90 Å². The number of carbonyl (C=O) groups excluding carboxylic acids is 2. The Kier molecular flexibility index (Phi) is 5.98. The lowest BCUT2D eigenvalue weighted by Crippen LogP contribution is -2.32. The predicted molar refractivity (Wildman–Crippen MR) is 85.9 cm³/mol. The molecule has 1 saturated heterocycles. The first-order valence-corrected chi connectivity index (χ1v) is 7.74. The van der Waals surface area contributed by atoms with E-state index in [2.05, 4.69) is 0 Å². The zero-order valence-corrected chi connectivity index (χ0v) is 13.7. The van der Waals surface area contributed by atoms with Crippen LogP contribution in [0, 0.1) is 11.8 Å². The molecule has 23 heavy (non-hydrogen) atoms. The first-order valence-electron chi connectivity index (χ1n) is 7.74. The monoisotopic (exact) mass is 320 g/mol. The highest BCUT2D eigenvalue weighted by atomic mass is 16.5. The summed E-state index contributed by atoms with van der Waals surface area (Å²) in [7, 11) is 3.21. The molecule has 1 heterocycles. The smallest absolute Gasteiger partial charge is 0.222 e. The van der Waals surface area contributed by atoms with Crippen molar-refractivity contribution in [2.75, 3.05) is 33.9 Å². The molecular weight excluding hydrogens is 296 g/mol. The summed E-state index contributed by atoms with van der Waals surface area (Å²) in [4.78, 5) is 25.6. The number of hydrogen-bond donors (Lipinski definition) is 1. The maximum atomic E-state index is 12.4. The Morgan fingerprint density at radius 2 is 1.91 bits per heavy atom. The highest BCUT2D eigenvalue weighted by molar-refractivity contribution is 5.81. The van der Waals surface area contributed by atoms with E-state index in [0.717, 1.165) is 11.3 Å². The van der Waals surface area contributed by atoms with Crippen LogP contribution in [0.2, 0.25) is 0 Å². The number of aryl methyl sites for hydroxylation is 1. The molecule has 2 rings (SSSR count). The summed E-state index contributed by atoms with van der Waals surface area (Å²) >= 11 is 0. The summed E-state index contributed by atoms with van der Waals surface area (Å²) in [5, 5.41) is 0. The van der Waals surface area contributed by atoms with Crippen LogP contribution in [0.15, 0.2) is 24.3 Å². The number of ether oxygens (including phenoxy) is 2. The van der Waals surface area contributed by atoms with E-state index in [0.29, 0.717) is 32.5 Å². The molecule has 0 bridgehead atoms. The summed E-state index contributed by atoms with van der Waals surface area (Å²) in [6.45, 7) is 1.36. The van der Waals surface area contributed by atoms with Gasteiger partial charge in [-0.2, -0.15) is 0 Å². The van der Waals surface area contributed by atoms with Crippen molar-refractivity contribution in [3.8, 4) is 5.75 Å². The standard InChI is InChI=1S/C17H24N2O4/c1-22-11-13-9-19(10-15(13)17(18)21)16(20)8-5-12-3-6-14(23-2)7-4-12/h3-4,6-7,13,15H,5,8-11H2,1-2H3,(H2,18,21)/t13-,15+/m0/s1. The van der Waals surface area contributed by atoms with Crippen molar-refractivity contribution in [3.63, 3.8) is 0 Å². The zero-order chi connectivity index (χ0) is 16.8. The number of benzene rings is 1. The summed E-state index contributed by atoms with van der Waals surface area (Å²) < 4.78 is 10.2. The fraction of sp³-hybridized carbons (Fsp3) is 0.529. The van der Waals surface area contributed by atoms with E-state index in [1.807, 2.05) is 24.3 Å². The van der Waals surface area contributed by atoms with Gasteiger partial charge in [-0.05, 0) is 24.1 Å². The van der Waals surface area contributed by atoms with Gasteiger partial charge in [-0.3, -0.25) is 9.59 Å². The fourth-order valence-corrected chi connectivity index (χ4v) is 2.98. The van der Waals surface area contributed by atoms with Crippen molar-refractivity contribution in [2.24, 2.45) is 17.6 Å². The average molecular weight is 320 g/mol. The Labute approximate surface area is 136 Å². The molecular formula is C17H24N2O4. The Balaban J connectivity index is 1.89. The molecule has 0 spiro atoms. The van der Waals surface area contributed by atoms with Gasteiger partial charge < -0.3 is 20.1 Å². The van der Waals surface area contributed by atoms with Crippen LogP contribution in [0.1, 0.15) is 12.0 Å². The molecule has 1 aliphatic rings. The molecule has 1 aromatic carbocycles. The van der Waals surface area contributed by atoms with Gasteiger partial charge in [0.1, 0.15) is 5.75 Å². The maximum Gasteiger partial charge on any atom is 0.222 e. The lowest BCUT2D eigenvalue weighted by atomic mass is 9.96. The van der Waals surface area contributed by atoms with E-state index in [4.69, 9.17) is 15.2 Å². The van der Waals surface area contributed by atoms with Crippen LogP contribution in [0.4, 0.5) is 0 Å². The fourth-order valence-electron chi connectivity index (χ4n) is 2.98. The lowest BCUT2D eigenvalue weighted by molar-refractivity contribution is -0.130. The lowest BCUT2D eigenvalue weighted by Gasteiger charge is -2.16. The molecule has 6 heteroatoms. The third-order valence-electron chi connectivity index (χ3n) is 4.33. The number of hydrogen-bond acceptors (Lipinski definition) is 4. The maximum absolute atomic E-state index is 12.4. The average Bonchev–Trinajstić information content (AvgIpc) is 2.98. The van der Waals surface area contributed by atoms with Crippen LogP contribution in [-0.2, 0) is 20.7 Å². The van der Waals surface area contributed by atoms with Gasteiger partial charge >= 0.3 is 0 Å². The molecule has 2 N–H and O–H groups in total. The summed E-state index contributed by atoms with van der Waals surface area (Å²) in [6.07, 6.45) is 1.08. The summed E-state index contributed by atoms with van der Waals surface area (Å²) in [5.74, 6) is 0.150. The third kappa shape index (κ3) is 4.45. The number of nitrogens with zero attached hydrogens (tertiary/aromatic N) is 1. The first-order chi connectivity index (χ1) is 11.0. The Morgan fingerprint density at radius 1 is 1.22 bits per heavy atom. The molecule has 0 aromatic heterocycles. The Morgan fingerprint density at radius 3 is 2.48 bits per heavy atom. The van der Waals surface area contributed by atoms with E-state index in [1.54, 1.807) is 19.1 Å². The van der Waals surface area contributed by atoms with Crippen LogP contribution >= 0.6 is 0 Å². The second-order valence-corrected chi connectivity index (χ2v) is 5.87. The normalized spacial score (nSPS) is 20.5. The van der Waals surface area contributed by atoms with Gasteiger partial charge in [-0.15, -0.1) is 0 Å². The minimum atomic E-state index is -0.363. The number of rotatable bonds is 7. The minimum Gasteiger partial charge on any atom is -0.497 e. The van der Waals surface area contributed by atoms with Crippen molar-refractivity contribution in [3.05, 3.63) is 29.8 Å². The number of nitrogens with two attached hydrogens (primary N) is 1. The third-order valence-corrected chi connectivity index (χ3v) is 4.33. The molecule has 6 nitrogen and oxygen atoms in total. The van der Waals surface area contributed by atoms with E-state index < -0.39 is 0 Å². The minimum absolute atomic E-state index is 0.0116. The molecule has 2 atom stereocenters. The number of likely N-dealkylation sites (tertiary alicyclic amines) is 1. The van der Waals surface area contributed by atoms with Gasteiger partial charge in [0, 0.05) is 32.5 Å². The number of methoxy groups -OCH3 is 2. The molecule has 1 fully saturated rings. The van der Waals surface area contributed by atoms with E-state index >= 15 is 0 Å². The van der Waals surface area contributed by atoms with Crippen LogP contribution < -0.4 is 10.5 Å². The molecule has 126 valence electrons. The highest BCUT2D eigenvalue weighted by Crippen LogP contribution is 2.24. The number of carbonyl (C=O) groups is 2. The Hall–Kier alpha value is -2.08. The predicted octanol–water partition coefficient (Wildman–Crippen LogP) is 0.834. The quantitative estimate of drug-likeness (QED) is 0.807. The van der Waals surface area contributed by atoms with Crippen molar-refractivity contribution in [1.29, 1.82) is 0 Å². The van der Waals surface area contributed by atoms with E-state index in [9.17, 15) is 9.59 Å². The largest absolute Gasteiger partial charge is 0.497 e. The van der Waals surface area contributed by atoms with E-state index in [1.165, 1.54) is 0 Å². The molecule has 0 saturated carbocycles. The summed E-state index contributed by atoms with van der Waals surface area (Å²) in [5.41, 5.74) is 6.51. The van der Waals surface area contributed by atoms with Crippen molar-refractivity contribution < 1.29 is 19.1 Å². The van der Waals surface area contributed by atoms with Gasteiger partial charge in [0.05, 0.1) is 19.6 Å². The topological polar surface area (TPSA) is 81.9 Å². The second kappa shape index (κ2) is 7.97. The van der Waals surface area contributed by atoms with Crippen molar-refractivity contribution >= 4 is 11.8 Å². The van der Waals surface area contributed by atoms with Gasteiger partial charge in [0.2, 0.25) is 11.8 Å². The molecule has 0 unspecified atom stereocenters. The van der Waals surface area contributed by atoms with Gasteiger partial charge in [0.15, 0.2) is 0 Å². The second-order valence-electron chi connectivity index (χ2n) is 5.87. The zero-order valence-electron chi connectivity index (χ0n) is 13.7. The molecule has 0 aliphatic carbocycles. The van der Waals surface area contributed by atoms with Crippen LogP contribution in [0.5, 0.6) is 5.75 Å². The van der Waals surface area contributed by atoms with Crippen molar-refractivity contribution in [2.45, 2.75) is 12.8 Å². The highest BCUT2D eigenvalue weighted by Gasteiger charge is 2.38. The molecule has 0 radical (unpaired) electrons. The van der Waals surface area contributed by atoms with Gasteiger partial charge in [-0.25, -0.2) is 0 Å². The molecule has 1 aromatic rings. The molecule has 1 aliphatic heterocycles. The SMILES string of the molecule is COC[C@@H]1CN(C(=O)CCc2ccc(OC)cc2)C[C@H]1C(N)=O. The first kappa shape index (κ1) is 17.3. The summed E-state index contributed by atoms with van der Waals surface area (Å²) in [6, 6.07) is 7.67. The van der Waals surface area contributed by atoms with Crippen LogP contribution in [0.3, 0.4) is 0 Å². The Bertz CT molecular complexity index is 544. The van der Waals surface area contributed by atoms with Crippen LogP contribution in [0.25, 0.3) is 0 Å². The van der Waals surface area contributed by atoms with Gasteiger partial charge in [0.25, 0.3) is 0 Å². The van der Waals surface area contributed by atoms with Gasteiger partial charge in [-0.1, -0.05) is 12.1 Å². The number of amides is 2. The molecule has 2 amide bonds.